The highest BCUT2D eigenvalue weighted by molar-refractivity contribution is 6.07. The first-order chi connectivity index (χ1) is 8.27. The van der Waals surface area contributed by atoms with Gasteiger partial charge in [-0.2, -0.15) is 0 Å². The maximum Gasteiger partial charge on any atom is 0.237 e. The van der Waals surface area contributed by atoms with E-state index >= 15 is 0 Å². The summed E-state index contributed by atoms with van der Waals surface area (Å²) in [6.45, 7) is 0.161. The van der Waals surface area contributed by atoms with Gasteiger partial charge in [0, 0.05) is 35.6 Å². The van der Waals surface area contributed by atoms with Gasteiger partial charge in [0.1, 0.15) is 6.54 Å². The lowest BCUT2D eigenvalue weighted by atomic mass is 10.2. The molecule has 0 aliphatic rings. The van der Waals surface area contributed by atoms with Crippen LogP contribution in [-0.2, 0) is 11.3 Å². The fourth-order valence-corrected chi connectivity index (χ4v) is 2.12. The van der Waals surface area contributed by atoms with E-state index < -0.39 is 0 Å². The zero-order valence-corrected chi connectivity index (χ0v) is 9.00. The Morgan fingerprint density at radius 3 is 2.12 bits per heavy atom. The maximum absolute atomic E-state index is 11.1. The van der Waals surface area contributed by atoms with Crippen molar-refractivity contribution < 1.29 is 4.79 Å². The molecule has 5 heteroatoms. The molecule has 0 radical (unpaired) electrons. The molecule has 3 rings (SSSR count). The van der Waals surface area contributed by atoms with Crippen LogP contribution in [0.15, 0.2) is 36.9 Å². The van der Waals surface area contributed by atoms with Crippen molar-refractivity contribution in [2.45, 2.75) is 6.54 Å². The molecule has 3 aromatic heterocycles. The van der Waals surface area contributed by atoms with Crippen molar-refractivity contribution in [3.8, 4) is 0 Å². The number of aromatic nitrogens is 3. The van der Waals surface area contributed by atoms with Crippen molar-refractivity contribution >= 4 is 27.7 Å². The number of fused-ring (bicyclic) bond motifs is 3. The van der Waals surface area contributed by atoms with E-state index in [4.69, 9.17) is 5.73 Å². The Morgan fingerprint density at radius 1 is 1.12 bits per heavy atom. The molecule has 3 aromatic rings. The number of rotatable bonds is 2. The van der Waals surface area contributed by atoms with Gasteiger partial charge in [0.25, 0.3) is 0 Å². The minimum Gasteiger partial charge on any atom is -0.368 e. The van der Waals surface area contributed by atoms with E-state index in [9.17, 15) is 4.79 Å². The average molecular weight is 226 g/mol. The van der Waals surface area contributed by atoms with Crippen LogP contribution in [0, 0.1) is 0 Å². The molecule has 0 aromatic carbocycles. The predicted molar refractivity (Wildman–Crippen MR) is 64.2 cm³/mol. The Balaban J connectivity index is 2.45. The summed E-state index contributed by atoms with van der Waals surface area (Å²) in [6, 6.07) is 3.75. The Kier molecular flexibility index (Phi) is 2.04. The lowest BCUT2D eigenvalue weighted by Crippen LogP contribution is -2.18. The summed E-state index contributed by atoms with van der Waals surface area (Å²) in [7, 11) is 0. The van der Waals surface area contributed by atoms with Crippen LogP contribution in [0.25, 0.3) is 21.8 Å². The summed E-state index contributed by atoms with van der Waals surface area (Å²) in [5.74, 6) is -0.363. The Labute approximate surface area is 96.9 Å². The number of carbonyl (C=O) groups is 1. The zero-order valence-electron chi connectivity index (χ0n) is 9.00. The summed E-state index contributed by atoms with van der Waals surface area (Å²) >= 11 is 0. The van der Waals surface area contributed by atoms with Crippen molar-refractivity contribution in [2.75, 3.05) is 0 Å². The minimum absolute atomic E-state index is 0.161. The number of nitrogens with two attached hydrogens (primary N) is 1. The molecule has 2 N–H and O–H groups in total. The van der Waals surface area contributed by atoms with Crippen LogP contribution in [-0.4, -0.2) is 20.4 Å². The summed E-state index contributed by atoms with van der Waals surface area (Å²) < 4.78 is 1.89. The molecule has 0 bridgehead atoms. The van der Waals surface area contributed by atoms with Crippen LogP contribution in [0.1, 0.15) is 0 Å². The van der Waals surface area contributed by atoms with Crippen molar-refractivity contribution in [1.29, 1.82) is 0 Å². The van der Waals surface area contributed by atoms with Gasteiger partial charge in [-0.25, -0.2) is 0 Å². The number of hydrogen-bond acceptors (Lipinski definition) is 3. The van der Waals surface area contributed by atoms with E-state index in [2.05, 4.69) is 9.97 Å². The fourth-order valence-electron chi connectivity index (χ4n) is 2.12. The molecule has 17 heavy (non-hydrogen) atoms. The van der Waals surface area contributed by atoms with Gasteiger partial charge >= 0.3 is 0 Å². The van der Waals surface area contributed by atoms with Gasteiger partial charge in [0.15, 0.2) is 0 Å². The van der Waals surface area contributed by atoms with Gasteiger partial charge in [-0.1, -0.05) is 0 Å². The number of nitrogens with zero attached hydrogens (tertiary/aromatic N) is 3. The van der Waals surface area contributed by atoms with Gasteiger partial charge in [0.2, 0.25) is 5.91 Å². The molecule has 1 amide bonds. The third-order valence-electron chi connectivity index (χ3n) is 2.78. The monoisotopic (exact) mass is 226 g/mol. The smallest absolute Gasteiger partial charge is 0.237 e. The quantitative estimate of drug-likeness (QED) is 0.710. The molecule has 0 saturated carbocycles. The standard InChI is InChI=1S/C12H10N4O/c13-12(17)7-16-10-1-3-14-5-8(10)9-6-15-4-2-11(9)16/h1-6H,7H2,(H2,13,17). The second-order valence-electron chi connectivity index (χ2n) is 3.84. The Hall–Kier alpha value is -2.43. The second-order valence-corrected chi connectivity index (χ2v) is 3.84. The number of primary amides is 1. The molecule has 0 aliphatic heterocycles. The van der Waals surface area contributed by atoms with Gasteiger partial charge < -0.3 is 10.3 Å². The first kappa shape index (κ1) is 9.77. The van der Waals surface area contributed by atoms with E-state index in [1.54, 1.807) is 24.8 Å². The molecule has 3 heterocycles. The van der Waals surface area contributed by atoms with Crippen LogP contribution >= 0.6 is 0 Å². The summed E-state index contributed by atoms with van der Waals surface area (Å²) in [6.07, 6.45) is 6.95. The third kappa shape index (κ3) is 1.44. The van der Waals surface area contributed by atoms with Gasteiger partial charge in [-0.05, 0) is 12.1 Å². The predicted octanol–water partition coefficient (Wildman–Crippen LogP) is 1.07. The Morgan fingerprint density at radius 2 is 1.65 bits per heavy atom. The van der Waals surface area contributed by atoms with Crippen LogP contribution in [0.2, 0.25) is 0 Å². The lowest BCUT2D eigenvalue weighted by molar-refractivity contribution is -0.118. The number of amides is 1. The van der Waals surface area contributed by atoms with Crippen molar-refractivity contribution in [1.82, 2.24) is 14.5 Å². The molecule has 0 spiro atoms. The van der Waals surface area contributed by atoms with Crippen LogP contribution in [0.3, 0.4) is 0 Å². The topological polar surface area (TPSA) is 73.8 Å². The van der Waals surface area contributed by atoms with Crippen molar-refractivity contribution in [3.05, 3.63) is 36.9 Å². The maximum atomic E-state index is 11.1. The first-order valence-electron chi connectivity index (χ1n) is 5.21. The molecule has 0 atom stereocenters. The van der Waals surface area contributed by atoms with E-state index in [0.717, 1.165) is 21.8 Å². The second kappa shape index (κ2) is 3.55. The SMILES string of the molecule is NC(=O)Cn1c2ccncc2c2cnccc21. The fraction of sp³-hybridized carbons (Fsp3) is 0.0833. The normalized spacial score (nSPS) is 11.1. The van der Waals surface area contributed by atoms with E-state index in [1.165, 1.54) is 0 Å². The highest BCUT2D eigenvalue weighted by atomic mass is 16.1. The molecular formula is C12H10N4O. The minimum atomic E-state index is -0.363. The van der Waals surface area contributed by atoms with Gasteiger partial charge in [-0.3, -0.25) is 14.8 Å². The van der Waals surface area contributed by atoms with E-state index in [0.29, 0.717) is 0 Å². The summed E-state index contributed by atoms with van der Waals surface area (Å²) in [4.78, 5) is 19.3. The summed E-state index contributed by atoms with van der Waals surface area (Å²) in [5, 5.41) is 1.97. The third-order valence-corrected chi connectivity index (χ3v) is 2.78. The van der Waals surface area contributed by atoms with Crippen molar-refractivity contribution in [3.63, 3.8) is 0 Å². The molecule has 0 aliphatic carbocycles. The first-order valence-corrected chi connectivity index (χ1v) is 5.21. The molecule has 84 valence electrons. The highest BCUT2D eigenvalue weighted by Crippen LogP contribution is 2.26. The largest absolute Gasteiger partial charge is 0.368 e. The molecule has 0 saturated heterocycles. The van der Waals surface area contributed by atoms with Crippen molar-refractivity contribution in [2.24, 2.45) is 5.73 Å². The van der Waals surface area contributed by atoms with Crippen LogP contribution < -0.4 is 5.73 Å². The van der Waals surface area contributed by atoms with Gasteiger partial charge in [-0.15, -0.1) is 0 Å². The molecule has 5 nitrogen and oxygen atoms in total. The zero-order chi connectivity index (χ0) is 11.8. The van der Waals surface area contributed by atoms with E-state index in [-0.39, 0.29) is 12.5 Å². The number of pyridine rings is 2. The van der Waals surface area contributed by atoms with Crippen LogP contribution in [0.4, 0.5) is 0 Å². The number of carbonyl (C=O) groups excluding carboxylic acids is 1. The summed E-state index contributed by atoms with van der Waals surface area (Å²) in [5.41, 5.74) is 7.17. The Bertz CT molecular complexity index is 663. The molecule has 0 fully saturated rings. The molecule has 0 unspecified atom stereocenters. The lowest BCUT2D eigenvalue weighted by Gasteiger charge is -2.03. The number of hydrogen-bond donors (Lipinski definition) is 1. The van der Waals surface area contributed by atoms with Gasteiger partial charge in [0.05, 0.1) is 11.0 Å². The highest BCUT2D eigenvalue weighted by Gasteiger charge is 2.11. The average Bonchev–Trinajstić information content (AvgIpc) is 2.65. The van der Waals surface area contributed by atoms with E-state index in [1.807, 2.05) is 16.7 Å². The van der Waals surface area contributed by atoms with Crippen LogP contribution in [0.5, 0.6) is 0 Å². The molecular weight excluding hydrogens is 216 g/mol.